The first-order valence-corrected chi connectivity index (χ1v) is 14.6. The molecule has 45 heavy (non-hydrogen) atoms. The standard InChI is InChI=1S/C30H29B5N8O2/c1-14(38-29(44)20-27(36)40-42-11-4-10-37-28(20)42)18-13-16-6-3-5-15(7-8-17-9-12-41(2)39-17)19(16)30(45)43(18)26-24(34)22(32)21(31)23(33)25(26)35/h3-6,9-14H,31-35H2,1-2H3,(H2,36,40)(H,38,44)/t14-/m1/s1. The van der Waals surface area contributed by atoms with Crippen LogP contribution in [0.15, 0.2) is 59.8 Å². The number of nitrogens with two attached hydrogens (primary N) is 1. The smallest absolute Gasteiger partial charge is 0.264 e. The molecule has 2 aromatic carbocycles. The first-order chi connectivity index (χ1) is 21.5. The molecule has 6 aromatic rings. The molecule has 0 fully saturated rings. The Balaban J connectivity index is 1.58. The Morgan fingerprint density at radius 1 is 0.956 bits per heavy atom. The van der Waals surface area contributed by atoms with Gasteiger partial charge in [0.25, 0.3) is 11.5 Å². The van der Waals surface area contributed by atoms with Gasteiger partial charge in [0.1, 0.15) is 50.5 Å². The van der Waals surface area contributed by atoms with Gasteiger partial charge in [0.15, 0.2) is 11.5 Å². The van der Waals surface area contributed by atoms with Crippen LogP contribution in [-0.4, -0.2) is 74.1 Å². The number of amides is 1. The van der Waals surface area contributed by atoms with Gasteiger partial charge in [0.05, 0.1) is 11.4 Å². The molecule has 6 rings (SSSR count). The Morgan fingerprint density at radius 3 is 2.36 bits per heavy atom. The number of benzene rings is 2. The lowest BCUT2D eigenvalue weighted by atomic mass is 9.61. The van der Waals surface area contributed by atoms with Gasteiger partial charge in [-0.05, 0) is 42.5 Å². The summed E-state index contributed by atoms with van der Waals surface area (Å²) >= 11 is 0. The van der Waals surface area contributed by atoms with Crippen LogP contribution in [0.4, 0.5) is 5.82 Å². The van der Waals surface area contributed by atoms with Crippen LogP contribution in [0.25, 0.3) is 22.1 Å². The fourth-order valence-corrected chi connectivity index (χ4v) is 5.93. The van der Waals surface area contributed by atoms with Gasteiger partial charge in [-0.3, -0.25) is 18.8 Å². The predicted molar refractivity (Wildman–Crippen MR) is 193 cm³/mol. The van der Waals surface area contributed by atoms with Gasteiger partial charge in [-0.2, -0.15) is 5.10 Å². The molecule has 0 saturated carbocycles. The summed E-state index contributed by atoms with van der Waals surface area (Å²) < 4.78 is 4.90. The zero-order valence-corrected chi connectivity index (χ0v) is 26.4. The predicted octanol–water partition coefficient (Wildman–Crippen LogP) is -5.47. The molecule has 0 aliphatic rings. The zero-order valence-electron chi connectivity index (χ0n) is 26.4. The number of anilines is 1. The van der Waals surface area contributed by atoms with Crippen LogP contribution < -0.4 is 43.9 Å². The summed E-state index contributed by atoms with van der Waals surface area (Å²) in [5.74, 6) is 5.91. The maximum atomic E-state index is 14.8. The van der Waals surface area contributed by atoms with E-state index in [4.69, 9.17) is 5.73 Å². The van der Waals surface area contributed by atoms with Gasteiger partial charge < -0.3 is 11.1 Å². The SMILES string of the molecule is Bc1c(B)c(B)c(-n2c([C@@H](C)NC(=O)c3c(N)nn4cccnc34)cc3cccc(C#Cc4ccn(C)n4)c3c2=O)c(B)c1B. The summed E-state index contributed by atoms with van der Waals surface area (Å²) in [5, 5.41) is 12.9. The second kappa shape index (κ2) is 11.3. The van der Waals surface area contributed by atoms with E-state index in [-0.39, 0.29) is 16.9 Å². The van der Waals surface area contributed by atoms with Crippen LogP contribution in [0.1, 0.15) is 40.3 Å². The van der Waals surface area contributed by atoms with Gasteiger partial charge in [0, 0.05) is 42.6 Å². The molecule has 0 aliphatic carbocycles. The topological polar surface area (TPSA) is 125 Å². The minimum atomic E-state index is -0.600. The summed E-state index contributed by atoms with van der Waals surface area (Å²) in [6, 6.07) is 10.5. The quantitative estimate of drug-likeness (QED) is 0.157. The van der Waals surface area contributed by atoms with Crippen LogP contribution in [0.2, 0.25) is 0 Å². The Hall–Kier alpha value is -5.37. The number of aryl methyl sites for hydroxylation is 1. The average molecular weight is 588 g/mol. The van der Waals surface area contributed by atoms with E-state index in [2.05, 4.69) is 55.9 Å². The number of nitrogens with zero attached hydrogens (tertiary/aromatic N) is 6. The molecule has 1 amide bonds. The maximum absolute atomic E-state index is 14.8. The summed E-state index contributed by atoms with van der Waals surface area (Å²) in [5.41, 5.74) is 14.5. The Morgan fingerprint density at radius 2 is 1.67 bits per heavy atom. The molecule has 3 N–H and O–H groups in total. The van der Waals surface area contributed by atoms with Crippen LogP contribution in [0.5, 0.6) is 0 Å². The van der Waals surface area contributed by atoms with E-state index >= 15 is 0 Å². The minimum absolute atomic E-state index is 0.0712. The van der Waals surface area contributed by atoms with Crippen molar-refractivity contribution in [1.29, 1.82) is 0 Å². The second-order valence-corrected chi connectivity index (χ2v) is 11.4. The number of rotatable bonds is 4. The lowest BCUT2D eigenvalue weighted by Crippen LogP contribution is -2.57. The normalized spacial score (nSPS) is 11.8. The highest BCUT2D eigenvalue weighted by molar-refractivity contribution is 6.68. The molecular formula is C30H29B5N8O2. The van der Waals surface area contributed by atoms with Gasteiger partial charge in [-0.15, -0.1) is 10.6 Å². The number of nitrogens with one attached hydrogen (secondary N) is 1. The van der Waals surface area contributed by atoms with E-state index in [9.17, 15) is 9.59 Å². The molecule has 0 aliphatic heterocycles. The van der Waals surface area contributed by atoms with E-state index in [1.165, 1.54) is 9.98 Å². The van der Waals surface area contributed by atoms with Crippen molar-refractivity contribution in [3.05, 3.63) is 87.9 Å². The van der Waals surface area contributed by atoms with Crippen LogP contribution in [-0.2, 0) is 7.05 Å². The van der Waals surface area contributed by atoms with Gasteiger partial charge in [0.2, 0.25) is 0 Å². The maximum Gasteiger partial charge on any atom is 0.264 e. The molecule has 4 aromatic heterocycles. The fraction of sp³-hybridized carbons (Fsp3) is 0.100. The van der Waals surface area contributed by atoms with Gasteiger partial charge >= 0.3 is 0 Å². The molecule has 15 heteroatoms. The Bertz CT molecular complexity index is 2290. The number of aromatic nitrogens is 6. The first kappa shape index (κ1) is 29.7. The number of hydrogen-bond donors (Lipinski definition) is 2. The van der Waals surface area contributed by atoms with Crippen LogP contribution in [0.3, 0.4) is 0 Å². The summed E-state index contributed by atoms with van der Waals surface area (Å²) in [6.45, 7) is 1.85. The van der Waals surface area contributed by atoms with Gasteiger partial charge in [-0.1, -0.05) is 39.9 Å². The third-order valence-electron chi connectivity index (χ3n) is 8.74. The molecule has 0 bridgehead atoms. The number of fused-ring (bicyclic) bond motifs is 2. The van der Waals surface area contributed by atoms with Crippen molar-refractivity contribution in [1.82, 2.24) is 34.3 Å². The second-order valence-electron chi connectivity index (χ2n) is 11.4. The molecule has 0 radical (unpaired) electrons. The molecule has 216 valence electrons. The van der Waals surface area contributed by atoms with E-state index in [0.29, 0.717) is 33.4 Å². The highest BCUT2D eigenvalue weighted by Gasteiger charge is 2.25. The lowest BCUT2D eigenvalue weighted by Gasteiger charge is -2.26. The molecule has 0 spiro atoms. The summed E-state index contributed by atoms with van der Waals surface area (Å²) in [7, 11) is 12.1. The zero-order chi connectivity index (χ0) is 32.2. The molecule has 4 heterocycles. The van der Waals surface area contributed by atoms with Crippen molar-refractivity contribution < 1.29 is 4.79 Å². The number of carbonyl (C=O) groups excluding carboxylic acids is 1. The minimum Gasteiger partial charge on any atom is -0.381 e. The number of nitrogen functional groups attached to an aromatic ring is 1. The van der Waals surface area contributed by atoms with Crippen molar-refractivity contribution in [3.8, 4) is 17.5 Å². The van der Waals surface area contributed by atoms with E-state index in [1.54, 1.807) is 27.7 Å². The third kappa shape index (κ3) is 5.02. The molecule has 0 saturated heterocycles. The van der Waals surface area contributed by atoms with Crippen molar-refractivity contribution in [3.63, 3.8) is 0 Å². The Labute approximate surface area is 264 Å². The van der Waals surface area contributed by atoms with Crippen LogP contribution >= 0.6 is 0 Å². The molecule has 1 atom stereocenters. The highest BCUT2D eigenvalue weighted by Crippen LogP contribution is 2.23. The summed E-state index contributed by atoms with van der Waals surface area (Å²) in [6.07, 6.45) is 5.09. The molecular weight excluding hydrogens is 558 g/mol. The average Bonchev–Trinajstić information content (AvgIpc) is 3.60. The van der Waals surface area contributed by atoms with Crippen molar-refractivity contribution >= 4 is 94.7 Å². The number of hydrogen-bond acceptors (Lipinski definition) is 6. The number of pyridine rings is 1. The van der Waals surface area contributed by atoms with Gasteiger partial charge in [-0.25, -0.2) is 9.50 Å². The Kier molecular flexibility index (Phi) is 7.45. The highest BCUT2D eigenvalue weighted by atomic mass is 16.2. The third-order valence-corrected chi connectivity index (χ3v) is 8.74. The van der Waals surface area contributed by atoms with Crippen LogP contribution in [0, 0.1) is 11.8 Å². The van der Waals surface area contributed by atoms with Crippen molar-refractivity contribution in [2.24, 2.45) is 7.05 Å². The van der Waals surface area contributed by atoms with E-state index < -0.39 is 11.9 Å². The molecule has 0 unspecified atom stereocenters. The first-order valence-electron chi connectivity index (χ1n) is 14.6. The lowest BCUT2D eigenvalue weighted by molar-refractivity contribution is 0.0941. The van der Waals surface area contributed by atoms with Crippen molar-refractivity contribution in [2.75, 3.05) is 5.73 Å². The van der Waals surface area contributed by atoms with E-state index in [1.807, 2.05) is 66.2 Å². The molecule has 10 nitrogen and oxygen atoms in total. The largest absolute Gasteiger partial charge is 0.381 e. The monoisotopic (exact) mass is 588 g/mol. The number of carbonyl (C=O) groups is 1. The summed E-state index contributed by atoms with van der Waals surface area (Å²) in [4.78, 5) is 32.8. The fourth-order valence-electron chi connectivity index (χ4n) is 5.93. The van der Waals surface area contributed by atoms with E-state index in [0.717, 1.165) is 27.5 Å². The van der Waals surface area contributed by atoms with Crippen molar-refractivity contribution in [2.45, 2.75) is 13.0 Å².